The lowest BCUT2D eigenvalue weighted by Gasteiger charge is -2.16. The Labute approximate surface area is 113 Å². The summed E-state index contributed by atoms with van der Waals surface area (Å²) in [5.41, 5.74) is 7.43. The average Bonchev–Trinajstić information content (AvgIpc) is 3.24. The van der Waals surface area contributed by atoms with Gasteiger partial charge in [0.1, 0.15) is 12.4 Å². The number of rotatable bonds is 5. The van der Waals surface area contributed by atoms with Gasteiger partial charge in [-0.25, -0.2) is 0 Å². The molecule has 3 rings (SSSR count). The van der Waals surface area contributed by atoms with Crippen molar-refractivity contribution in [1.82, 2.24) is 9.88 Å². The Bertz CT molecular complexity index is 581. The SMILES string of the molecule is CN(CCOc1ccnc2c(N)cccc12)C1CC1. The fourth-order valence-electron chi connectivity index (χ4n) is 2.30. The van der Waals surface area contributed by atoms with Gasteiger partial charge in [0.25, 0.3) is 0 Å². The van der Waals surface area contributed by atoms with Gasteiger partial charge in [-0.15, -0.1) is 0 Å². The van der Waals surface area contributed by atoms with Gasteiger partial charge >= 0.3 is 0 Å². The van der Waals surface area contributed by atoms with Crippen molar-refractivity contribution in [2.24, 2.45) is 0 Å². The first-order chi connectivity index (χ1) is 9.25. The first kappa shape index (κ1) is 12.2. The smallest absolute Gasteiger partial charge is 0.130 e. The highest BCUT2D eigenvalue weighted by molar-refractivity contribution is 5.93. The number of para-hydroxylation sites is 1. The van der Waals surface area contributed by atoms with Gasteiger partial charge in [0.15, 0.2) is 0 Å². The molecular weight excluding hydrogens is 238 g/mol. The van der Waals surface area contributed by atoms with E-state index in [1.165, 1.54) is 12.8 Å². The van der Waals surface area contributed by atoms with Crippen molar-refractivity contribution in [3.05, 3.63) is 30.5 Å². The van der Waals surface area contributed by atoms with Crippen LogP contribution in [0.3, 0.4) is 0 Å². The van der Waals surface area contributed by atoms with Crippen LogP contribution in [0, 0.1) is 0 Å². The zero-order valence-electron chi connectivity index (χ0n) is 11.2. The molecule has 0 saturated heterocycles. The number of benzene rings is 1. The van der Waals surface area contributed by atoms with E-state index in [4.69, 9.17) is 10.5 Å². The highest BCUT2D eigenvalue weighted by Gasteiger charge is 2.25. The van der Waals surface area contributed by atoms with E-state index in [2.05, 4.69) is 16.9 Å². The van der Waals surface area contributed by atoms with Crippen molar-refractivity contribution in [1.29, 1.82) is 0 Å². The van der Waals surface area contributed by atoms with Crippen LogP contribution in [0.5, 0.6) is 5.75 Å². The van der Waals surface area contributed by atoms with Crippen LogP contribution in [-0.4, -0.2) is 36.1 Å². The number of likely N-dealkylation sites (N-methyl/N-ethyl adjacent to an activating group) is 1. The minimum atomic E-state index is 0.693. The van der Waals surface area contributed by atoms with Crippen LogP contribution in [-0.2, 0) is 0 Å². The normalized spacial score (nSPS) is 15.1. The molecule has 0 aliphatic heterocycles. The third kappa shape index (κ3) is 2.63. The van der Waals surface area contributed by atoms with E-state index >= 15 is 0 Å². The number of aromatic nitrogens is 1. The second-order valence-corrected chi connectivity index (χ2v) is 5.11. The van der Waals surface area contributed by atoms with Crippen molar-refractivity contribution in [3.63, 3.8) is 0 Å². The predicted octanol–water partition coefficient (Wildman–Crippen LogP) is 2.29. The molecule has 0 bridgehead atoms. The highest BCUT2D eigenvalue weighted by Crippen LogP contribution is 2.28. The number of nitrogens with zero attached hydrogens (tertiary/aromatic N) is 2. The molecule has 2 N–H and O–H groups in total. The quantitative estimate of drug-likeness (QED) is 0.835. The zero-order chi connectivity index (χ0) is 13.2. The van der Waals surface area contributed by atoms with Crippen molar-refractivity contribution in [2.45, 2.75) is 18.9 Å². The molecule has 1 aliphatic carbocycles. The summed E-state index contributed by atoms with van der Waals surface area (Å²) in [6.45, 7) is 1.65. The number of ether oxygens (including phenoxy) is 1. The van der Waals surface area contributed by atoms with E-state index < -0.39 is 0 Å². The Morgan fingerprint density at radius 1 is 1.37 bits per heavy atom. The standard InChI is InChI=1S/C15H19N3O/c1-18(11-5-6-11)9-10-19-14-7-8-17-15-12(14)3-2-4-13(15)16/h2-4,7-8,11H,5-6,9-10,16H2,1H3. The summed E-state index contributed by atoms with van der Waals surface area (Å²) >= 11 is 0. The third-order valence-electron chi connectivity index (χ3n) is 3.63. The zero-order valence-corrected chi connectivity index (χ0v) is 11.2. The number of hydrogen-bond acceptors (Lipinski definition) is 4. The van der Waals surface area contributed by atoms with Gasteiger partial charge in [-0.05, 0) is 38.1 Å². The molecular formula is C15H19N3O. The molecule has 1 heterocycles. The van der Waals surface area contributed by atoms with E-state index in [0.717, 1.165) is 29.2 Å². The van der Waals surface area contributed by atoms with Crippen molar-refractivity contribution < 1.29 is 4.74 Å². The number of hydrogen-bond donors (Lipinski definition) is 1. The maximum atomic E-state index is 5.92. The second-order valence-electron chi connectivity index (χ2n) is 5.11. The van der Waals surface area contributed by atoms with Gasteiger partial charge in [0, 0.05) is 24.2 Å². The maximum Gasteiger partial charge on any atom is 0.130 e. The summed E-state index contributed by atoms with van der Waals surface area (Å²) in [5, 5.41) is 0.983. The van der Waals surface area contributed by atoms with Crippen LogP contribution in [0.25, 0.3) is 10.9 Å². The van der Waals surface area contributed by atoms with Gasteiger partial charge in [0.2, 0.25) is 0 Å². The molecule has 0 radical (unpaired) electrons. The van der Waals surface area contributed by atoms with Gasteiger partial charge in [-0.3, -0.25) is 4.98 Å². The summed E-state index contributed by atoms with van der Waals surface area (Å²) in [4.78, 5) is 6.67. The fourth-order valence-corrected chi connectivity index (χ4v) is 2.30. The van der Waals surface area contributed by atoms with Crippen LogP contribution in [0.1, 0.15) is 12.8 Å². The van der Waals surface area contributed by atoms with Crippen LogP contribution in [0.15, 0.2) is 30.5 Å². The van der Waals surface area contributed by atoms with Crippen LogP contribution < -0.4 is 10.5 Å². The number of fused-ring (bicyclic) bond motifs is 1. The summed E-state index contributed by atoms with van der Waals surface area (Å²) in [6.07, 6.45) is 4.40. The molecule has 2 aromatic rings. The Balaban J connectivity index is 1.71. The topological polar surface area (TPSA) is 51.4 Å². The lowest BCUT2D eigenvalue weighted by molar-refractivity contribution is 0.233. The largest absolute Gasteiger partial charge is 0.491 e. The van der Waals surface area contributed by atoms with Crippen LogP contribution in [0.4, 0.5) is 5.69 Å². The summed E-state index contributed by atoms with van der Waals surface area (Å²) in [5.74, 6) is 0.862. The molecule has 0 spiro atoms. The molecule has 1 saturated carbocycles. The van der Waals surface area contributed by atoms with E-state index in [9.17, 15) is 0 Å². The first-order valence-electron chi connectivity index (χ1n) is 6.72. The molecule has 100 valence electrons. The Morgan fingerprint density at radius 3 is 3.00 bits per heavy atom. The van der Waals surface area contributed by atoms with Crippen molar-refractivity contribution in [2.75, 3.05) is 25.9 Å². The van der Waals surface area contributed by atoms with Crippen LogP contribution in [0.2, 0.25) is 0 Å². The molecule has 0 amide bonds. The maximum absolute atomic E-state index is 5.92. The first-order valence-corrected chi connectivity index (χ1v) is 6.72. The van der Waals surface area contributed by atoms with Gasteiger partial charge in [0.05, 0.1) is 11.2 Å². The lowest BCUT2D eigenvalue weighted by Crippen LogP contribution is -2.26. The molecule has 1 aromatic heterocycles. The van der Waals surface area contributed by atoms with Gasteiger partial charge < -0.3 is 15.4 Å². The van der Waals surface area contributed by atoms with E-state index in [1.54, 1.807) is 6.20 Å². The summed E-state index contributed by atoms with van der Waals surface area (Å²) in [7, 11) is 2.16. The Hall–Kier alpha value is -1.81. The van der Waals surface area contributed by atoms with E-state index in [-0.39, 0.29) is 0 Å². The van der Waals surface area contributed by atoms with Crippen molar-refractivity contribution >= 4 is 16.6 Å². The van der Waals surface area contributed by atoms with E-state index in [0.29, 0.717) is 12.3 Å². The highest BCUT2D eigenvalue weighted by atomic mass is 16.5. The minimum absolute atomic E-state index is 0.693. The number of anilines is 1. The number of nitrogens with two attached hydrogens (primary N) is 1. The average molecular weight is 257 g/mol. The molecule has 1 aliphatic rings. The van der Waals surface area contributed by atoms with Crippen LogP contribution >= 0.6 is 0 Å². The third-order valence-corrected chi connectivity index (χ3v) is 3.63. The molecule has 19 heavy (non-hydrogen) atoms. The molecule has 0 unspecified atom stereocenters. The fraction of sp³-hybridized carbons (Fsp3) is 0.400. The Kier molecular flexibility index (Phi) is 3.25. The predicted molar refractivity (Wildman–Crippen MR) is 77.3 cm³/mol. The lowest BCUT2D eigenvalue weighted by atomic mass is 10.2. The second kappa shape index (κ2) is 5.05. The number of pyridine rings is 1. The Morgan fingerprint density at radius 2 is 2.21 bits per heavy atom. The number of nitrogen functional groups attached to an aromatic ring is 1. The molecule has 4 heteroatoms. The molecule has 1 aromatic carbocycles. The minimum Gasteiger partial charge on any atom is -0.491 e. The summed E-state index contributed by atoms with van der Waals surface area (Å²) < 4.78 is 5.89. The van der Waals surface area contributed by atoms with Gasteiger partial charge in [-0.1, -0.05) is 6.07 Å². The van der Waals surface area contributed by atoms with E-state index in [1.807, 2.05) is 24.3 Å². The molecule has 4 nitrogen and oxygen atoms in total. The summed E-state index contributed by atoms with van der Waals surface area (Å²) in [6, 6.07) is 8.47. The molecule has 0 atom stereocenters. The monoisotopic (exact) mass is 257 g/mol. The molecule has 1 fully saturated rings. The van der Waals surface area contributed by atoms with Gasteiger partial charge in [-0.2, -0.15) is 0 Å². The van der Waals surface area contributed by atoms with Crippen molar-refractivity contribution in [3.8, 4) is 5.75 Å².